The van der Waals surface area contributed by atoms with Crippen molar-refractivity contribution in [2.24, 2.45) is 5.92 Å². The second-order valence-electron chi connectivity index (χ2n) is 5.59. The van der Waals surface area contributed by atoms with Crippen LogP contribution in [0.5, 0.6) is 0 Å². The largest absolute Gasteiger partial charge is 0.480 e. The number of para-hydroxylation sites is 2. The van der Waals surface area contributed by atoms with Gasteiger partial charge in [0.2, 0.25) is 5.91 Å². The van der Waals surface area contributed by atoms with Gasteiger partial charge in [-0.2, -0.15) is 0 Å². The summed E-state index contributed by atoms with van der Waals surface area (Å²) in [4.78, 5) is 33.3. The molecule has 0 heterocycles. The summed E-state index contributed by atoms with van der Waals surface area (Å²) < 4.78 is 0. The Morgan fingerprint density at radius 1 is 1.35 bits per heavy atom. The van der Waals surface area contributed by atoms with Gasteiger partial charge in [-0.25, -0.2) is 4.79 Å². The van der Waals surface area contributed by atoms with Gasteiger partial charge in [0.1, 0.15) is 11.7 Å². The topological polar surface area (TPSA) is 122 Å². The second kappa shape index (κ2) is 7.57. The van der Waals surface area contributed by atoms with E-state index in [-0.39, 0.29) is 24.6 Å². The third-order valence-corrected chi connectivity index (χ3v) is 3.67. The van der Waals surface area contributed by atoms with Crippen molar-refractivity contribution < 1.29 is 19.6 Å². The molecular weight excluding hydrogens is 302 g/mol. The predicted octanol–water partition coefficient (Wildman–Crippen LogP) is 1.77. The van der Waals surface area contributed by atoms with Crippen LogP contribution in [0.25, 0.3) is 0 Å². The number of rotatable bonds is 9. The highest BCUT2D eigenvalue weighted by Gasteiger charge is 2.30. The van der Waals surface area contributed by atoms with Gasteiger partial charge in [0.15, 0.2) is 0 Å². The monoisotopic (exact) mass is 321 g/mol. The van der Waals surface area contributed by atoms with Gasteiger partial charge in [-0.15, -0.1) is 0 Å². The van der Waals surface area contributed by atoms with Crippen LogP contribution in [0.3, 0.4) is 0 Å². The van der Waals surface area contributed by atoms with Crippen molar-refractivity contribution in [2.45, 2.75) is 31.7 Å². The predicted molar refractivity (Wildman–Crippen MR) is 83.1 cm³/mol. The molecule has 1 aromatic carbocycles. The molecule has 8 nitrogen and oxygen atoms in total. The third kappa shape index (κ3) is 5.24. The number of hydrogen-bond donors (Lipinski definition) is 3. The molecule has 0 saturated heterocycles. The number of carbonyl (C=O) groups excluding carboxylic acids is 1. The van der Waals surface area contributed by atoms with Gasteiger partial charge in [0, 0.05) is 19.0 Å². The summed E-state index contributed by atoms with van der Waals surface area (Å²) >= 11 is 0. The van der Waals surface area contributed by atoms with E-state index in [9.17, 15) is 19.7 Å². The molecule has 1 aromatic rings. The number of amides is 1. The summed E-state index contributed by atoms with van der Waals surface area (Å²) in [6, 6.07) is 5.29. The summed E-state index contributed by atoms with van der Waals surface area (Å²) in [5.74, 6) is -1.03. The van der Waals surface area contributed by atoms with E-state index < -0.39 is 16.9 Å². The molecule has 8 heteroatoms. The number of nitrogens with zero attached hydrogens (tertiary/aromatic N) is 1. The Bertz CT molecular complexity index is 601. The highest BCUT2D eigenvalue weighted by atomic mass is 16.6. The minimum Gasteiger partial charge on any atom is -0.480 e. The number of anilines is 1. The van der Waals surface area contributed by atoms with E-state index in [1.54, 1.807) is 18.2 Å². The first-order chi connectivity index (χ1) is 11.0. The molecule has 1 aliphatic rings. The zero-order chi connectivity index (χ0) is 16.8. The van der Waals surface area contributed by atoms with Crippen LogP contribution in [0.4, 0.5) is 11.4 Å². The van der Waals surface area contributed by atoms with Crippen LogP contribution < -0.4 is 10.6 Å². The normalized spacial score (nSPS) is 14.8. The summed E-state index contributed by atoms with van der Waals surface area (Å²) in [6.07, 6.45) is 2.52. The highest BCUT2D eigenvalue weighted by Crippen LogP contribution is 2.33. The van der Waals surface area contributed by atoms with E-state index in [1.807, 2.05) is 0 Å². The third-order valence-electron chi connectivity index (χ3n) is 3.67. The van der Waals surface area contributed by atoms with Gasteiger partial charge in [-0.3, -0.25) is 14.9 Å². The van der Waals surface area contributed by atoms with Crippen molar-refractivity contribution >= 4 is 23.3 Å². The lowest BCUT2D eigenvalue weighted by Gasteiger charge is -2.14. The maximum atomic E-state index is 11.8. The summed E-state index contributed by atoms with van der Waals surface area (Å²) in [7, 11) is 0. The van der Waals surface area contributed by atoms with Gasteiger partial charge in [-0.05, 0) is 18.4 Å². The molecule has 0 aliphatic heterocycles. The molecule has 23 heavy (non-hydrogen) atoms. The van der Waals surface area contributed by atoms with Crippen molar-refractivity contribution in [3.05, 3.63) is 34.4 Å². The van der Waals surface area contributed by atoms with E-state index in [0.29, 0.717) is 18.0 Å². The highest BCUT2D eigenvalue weighted by molar-refractivity contribution is 5.83. The molecule has 2 rings (SSSR count). The number of nitro groups is 1. The number of carboxylic acid groups (broad SMARTS) is 1. The Labute approximate surface area is 133 Å². The quantitative estimate of drug-likeness (QED) is 0.470. The lowest BCUT2D eigenvalue weighted by molar-refractivity contribution is -0.384. The van der Waals surface area contributed by atoms with Crippen LogP contribution in [0.15, 0.2) is 24.3 Å². The first kappa shape index (κ1) is 16.7. The molecule has 1 unspecified atom stereocenters. The molecule has 1 amide bonds. The summed E-state index contributed by atoms with van der Waals surface area (Å²) in [5, 5.41) is 25.3. The Morgan fingerprint density at radius 2 is 2.04 bits per heavy atom. The smallest absolute Gasteiger partial charge is 0.326 e. The van der Waals surface area contributed by atoms with Gasteiger partial charge in [0.05, 0.1) is 4.92 Å². The van der Waals surface area contributed by atoms with Crippen molar-refractivity contribution in [1.29, 1.82) is 0 Å². The Hall–Kier alpha value is -2.64. The SMILES string of the molecule is O=C(CCNc1ccccc1[N+](=O)[O-])NC(CC1CC1)C(=O)O. The van der Waals surface area contributed by atoms with Crippen molar-refractivity contribution in [3.63, 3.8) is 0 Å². The van der Waals surface area contributed by atoms with E-state index in [0.717, 1.165) is 12.8 Å². The Morgan fingerprint density at radius 3 is 2.65 bits per heavy atom. The Kier molecular flexibility index (Phi) is 5.51. The summed E-state index contributed by atoms with van der Waals surface area (Å²) in [5.41, 5.74) is 0.267. The van der Waals surface area contributed by atoms with Gasteiger partial charge < -0.3 is 15.7 Å². The van der Waals surface area contributed by atoms with Gasteiger partial charge >= 0.3 is 5.97 Å². The van der Waals surface area contributed by atoms with Crippen LogP contribution in [0.1, 0.15) is 25.7 Å². The molecule has 1 atom stereocenters. The van der Waals surface area contributed by atoms with Gasteiger partial charge in [-0.1, -0.05) is 25.0 Å². The van der Waals surface area contributed by atoms with E-state index in [1.165, 1.54) is 6.07 Å². The number of nitro benzene ring substituents is 1. The second-order valence-corrected chi connectivity index (χ2v) is 5.59. The maximum Gasteiger partial charge on any atom is 0.326 e. The number of benzene rings is 1. The molecular formula is C15H19N3O5. The van der Waals surface area contributed by atoms with Crippen LogP contribution in [-0.4, -0.2) is 34.5 Å². The minimum absolute atomic E-state index is 0.0422. The molecule has 0 bridgehead atoms. The average Bonchev–Trinajstić information content (AvgIpc) is 3.31. The van der Waals surface area contributed by atoms with Crippen LogP contribution >= 0.6 is 0 Å². The van der Waals surface area contributed by atoms with E-state index in [2.05, 4.69) is 10.6 Å². The number of aliphatic carboxylic acids is 1. The fraction of sp³-hybridized carbons (Fsp3) is 0.467. The maximum absolute atomic E-state index is 11.8. The van der Waals surface area contributed by atoms with Crippen LogP contribution in [0.2, 0.25) is 0 Å². The molecule has 1 aliphatic carbocycles. The molecule has 0 spiro atoms. The lowest BCUT2D eigenvalue weighted by Crippen LogP contribution is -2.41. The number of carboxylic acids is 1. The fourth-order valence-corrected chi connectivity index (χ4v) is 2.27. The van der Waals surface area contributed by atoms with Crippen molar-refractivity contribution in [1.82, 2.24) is 5.32 Å². The average molecular weight is 321 g/mol. The minimum atomic E-state index is -1.03. The van der Waals surface area contributed by atoms with Crippen LogP contribution in [-0.2, 0) is 9.59 Å². The first-order valence-corrected chi connectivity index (χ1v) is 7.47. The zero-order valence-electron chi connectivity index (χ0n) is 12.5. The van der Waals surface area contributed by atoms with Crippen LogP contribution in [0, 0.1) is 16.0 Å². The van der Waals surface area contributed by atoms with E-state index >= 15 is 0 Å². The molecule has 0 radical (unpaired) electrons. The first-order valence-electron chi connectivity index (χ1n) is 7.47. The number of hydrogen-bond acceptors (Lipinski definition) is 5. The number of carbonyl (C=O) groups is 2. The zero-order valence-corrected chi connectivity index (χ0v) is 12.5. The molecule has 0 aromatic heterocycles. The summed E-state index contributed by atoms with van der Waals surface area (Å²) in [6.45, 7) is 0.187. The van der Waals surface area contributed by atoms with Crippen molar-refractivity contribution in [3.8, 4) is 0 Å². The van der Waals surface area contributed by atoms with Crippen molar-refractivity contribution in [2.75, 3.05) is 11.9 Å². The molecule has 1 saturated carbocycles. The van der Waals surface area contributed by atoms with Gasteiger partial charge in [0.25, 0.3) is 5.69 Å². The standard InChI is InChI=1S/C15H19N3O5/c19-14(17-12(15(20)21)9-10-5-6-10)7-8-16-11-3-1-2-4-13(11)18(22)23/h1-4,10,12,16H,5-9H2,(H,17,19)(H,20,21). The molecule has 1 fully saturated rings. The number of nitrogens with one attached hydrogen (secondary N) is 2. The fourth-order valence-electron chi connectivity index (χ4n) is 2.27. The Balaban J connectivity index is 1.80. The lowest BCUT2D eigenvalue weighted by atomic mass is 10.1. The molecule has 124 valence electrons. The molecule has 3 N–H and O–H groups in total. The van der Waals surface area contributed by atoms with E-state index in [4.69, 9.17) is 5.11 Å².